The van der Waals surface area contributed by atoms with Gasteiger partial charge in [-0.15, -0.1) is 10.2 Å². The van der Waals surface area contributed by atoms with Gasteiger partial charge >= 0.3 is 18.9 Å². The van der Waals surface area contributed by atoms with E-state index in [-0.39, 0.29) is 30.1 Å². The summed E-state index contributed by atoms with van der Waals surface area (Å²) < 4.78 is 21.0. The number of anilines is 1. The van der Waals surface area contributed by atoms with E-state index in [0.29, 0.717) is 65.8 Å². The molecule has 0 N–H and O–H groups in total. The number of hydrogen-bond donors (Lipinski definition) is 0. The van der Waals surface area contributed by atoms with Gasteiger partial charge in [0, 0.05) is 84.8 Å². The third-order valence-corrected chi connectivity index (χ3v) is 11.8. The Balaban J connectivity index is 0.00000378. The number of nitrogens with zero attached hydrogens (tertiary/aromatic N) is 8. The summed E-state index contributed by atoms with van der Waals surface area (Å²) in [5.74, 6) is 1.68. The molecule has 1 unspecified atom stereocenters. The summed E-state index contributed by atoms with van der Waals surface area (Å²) in [6, 6.07) is 5.50. The van der Waals surface area contributed by atoms with Crippen molar-refractivity contribution < 1.29 is 37.9 Å². The van der Waals surface area contributed by atoms with Gasteiger partial charge in [-0.1, -0.05) is 20.8 Å². The van der Waals surface area contributed by atoms with E-state index in [2.05, 4.69) is 53.7 Å². The Morgan fingerprint density at radius 1 is 1.04 bits per heavy atom. The predicted molar refractivity (Wildman–Crippen MR) is 175 cm³/mol. The second-order valence-corrected chi connectivity index (χ2v) is 15.7. The number of hydrogen-bond acceptors (Lipinski definition) is 11. The second-order valence-electron chi connectivity index (χ2n) is 15.7. The van der Waals surface area contributed by atoms with Crippen molar-refractivity contribution in [2.45, 2.75) is 77.3 Å². The molecule has 5 fully saturated rings. The average molecular weight is 663 g/mol. The van der Waals surface area contributed by atoms with Crippen LogP contribution in [0.25, 0.3) is 11.1 Å². The van der Waals surface area contributed by atoms with Gasteiger partial charge in [0.25, 0.3) is 5.88 Å². The summed E-state index contributed by atoms with van der Waals surface area (Å²) in [5.41, 5.74) is 1.75. The van der Waals surface area contributed by atoms with Crippen LogP contribution in [0.3, 0.4) is 0 Å². The Hall–Kier alpha value is -3.17. The molecule has 49 heavy (non-hydrogen) atoms. The van der Waals surface area contributed by atoms with E-state index in [9.17, 15) is 14.3 Å². The number of benzene rings is 1. The number of carbonyl (C=O) groups excluding carboxylic acids is 1. The molecule has 2 atom stereocenters. The molecule has 3 aromatic rings. The molecule has 5 heterocycles. The van der Waals surface area contributed by atoms with Crippen molar-refractivity contribution in [1.82, 2.24) is 34.9 Å². The molecule has 0 radical (unpaired) electrons. The first kappa shape index (κ1) is 34.3. The van der Waals surface area contributed by atoms with Crippen molar-refractivity contribution in [3.05, 3.63) is 48.6 Å². The fourth-order valence-electron chi connectivity index (χ4n) is 9.02. The monoisotopic (exact) mass is 662 g/mol. The van der Waals surface area contributed by atoms with Gasteiger partial charge in [0.1, 0.15) is 24.2 Å². The molecular formula is C36H44FLiN8O3. The van der Waals surface area contributed by atoms with Crippen LogP contribution in [0.4, 0.5) is 10.2 Å². The van der Waals surface area contributed by atoms with Crippen LogP contribution >= 0.6 is 0 Å². The minimum atomic E-state index is -0.918. The van der Waals surface area contributed by atoms with E-state index < -0.39 is 11.4 Å². The molecule has 11 nitrogen and oxygen atoms in total. The van der Waals surface area contributed by atoms with Crippen LogP contribution in [0.2, 0.25) is 0 Å². The van der Waals surface area contributed by atoms with Crippen LogP contribution in [-0.2, 0) is 4.79 Å². The third kappa shape index (κ3) is 6.46. The van der Waals surface area contributed by atoms with Crippen LogP contribution in [0.5, 0.6) is 11.6 Å². The van der Waals surface area contributed by atoms with Gasteiger partial charge in [0.05, 0.1) is 5.69 Å². The van der Waals surface area contributed by atoms with E-state index in [4.69, 9.17) is 4.74 Å². The normalized spacial score (nSPS) is 27.1. The third-order valence-electron chi connectivity index (χ3n) is 11.8. The molecule has 3 aliphatic heterocycles. The molecule has 2 saturated carbocycles. The van der Waals surface area contributed by atoms with Gasteiger partial charge in [-0.3, -0.25) is 9.80 Å². The first-order valence-corrected chi connectivity index (χ1v) is 17.5. The minimum absolute atomic E-state index is 0. The number of carboxylic acids is 1. The number of rotatable bonds is 10. The maximum Gasteiger partial charge on any atom is 1.00 e. The van der Waals surface area contributed by atoms with Crippen LogP contribution in [0.1, 0.15) is 70.9 Å². The molecule has 2 aromatic heterocycles. The maximum atomic E-state index is 14.6. The van der Waals surface area contributed by atoms with Crippen molar-refractivity contribution in [3.63, 3.8) is 0 Å². The predicted octanol–water partition coefficient (Wildman–Crippen LogP) is 0.919. The number of carboxylic acid groups (broad SMARTS) is 1. The Labute approximate surface area is 299 Å². The molecule has 0 bridgehead atoms. The van der Waals surface area contributed by atoms with Crippen molar-refractivity contribution in [2.75, 3.05) is 44.2 Å². The zero-order valence-corrected chi connectivity index (χ0v) is 29.0. The number of aliphatic carboxylic acids is 1. The van der Waals surface area contributed by atoms with E-state index >= 15 is 0 Å². The molecule has 0 amide bonds. The van der Waals surface area contributed by atoms with E-state index in [0.717, 1.165) is 76.1 Å². The Bertz CT molecular complexity index is 1700. The first-order valence-electron chi connectivity index (χ1n) is 17.5. The summed E-state index contributed by atoms with van der Waals surface area (Å²) in [6.45, 7) is 11.8. The minimum Gasteiger partial charge on any atom is -0.550 e. The van der Waals surface area contributed by atoms with Crippen LogP contribution in [0.15, 0.2) is 37.1 Å². The fourth-order valence-corrected chi connectivity index (χ4v) is 9.02. The molecule has 2 aliphatic carbocycles. The topological polar surface area (TPSA) is 124 Å². The first-order chi connectivity index (χ1) is 23.1. The van der Waals surface area contributed by atoms with Gasteiger partial charge in [-0.2, -0.15) is 0 Å². The summed E-state index contributed by atoms with van der Waals surface area (Å²) in [5, 5.41) is 20.1. The number of ether oxygens (including phenoxy) is 1. The second kappa shape index (κ2) is 13.2. The van der Waals surface area contributed by atoms with E-state index in [1.165, 1.54) is 18.5 Å². The molecule has 3 saturated heterocycles. The van der Waals surface area contributed by atoms with Gasteiger partial charge in [-0.05, 0) is 75.1 Å². The number of likely N-dealkylation sites (tertiary alicyclic amines) is 2. The van der Waals surface area contributed by atoms with E-state index in [1.54, 1.807) is 18.6 Å². The Morgan fingerprint density at radius 2 is 1.84 bits per heavy atom. The van der Waals surface area contributed by atoms with Gasteiger partial charge < -0.3 is 19.5 Å². The number of halogens is 1. The number of aromatic nitrogens is 5. The molecule has 13 heteroatoms. The van der Waals surface area contributed by atoms with Crippen LogP contribution in [-0.4, -0.2) is 92.3 Å². The standard InChI is InChI=1S/C36H45FN8O3.Li/c1-22(2)31(24-12-26(13-24)43-10-8-35(3,16-43)34(46)47)45-18-36(19-45)9-11-44(17-36)32-33(42-41-21-40-32)48-29-7-6-25(37)14-27(29)28-15-38-20-39-30(28)23-4-5-23;/h6-7,14-15,20-24,26,31H,4-5,8-13,16-19H2,1-3H3,(H,46,47);/q;+1/p-1/t24?,26?,31-,35?;/m1./s1. The average Bonchev–Trinajstić information content (AvgIpc) is 3.66. The molecule has 1 aromatic carbocycles. The molecule has 5 aliphatic rings. The van der Waals surface area contributed by atoms with Gasteiger partial charge in [0.2, 0.25) is 0 Å². The zero-order chi connectivity index (χ0) is 33.2. The molecular weight excluding hydrogens is 618 g/mol. The Morgan fingerprint density at radius 3 is 2.55 bits per heavy atom. The van der Waals surface area contributed by atoms with Gasteiger partial charge in [-0.25, -0.2) is 19.3 Å². The van der Waals surface area contributed by atoms with Crippen molar-refractivity contribution >= 4 is 11.8 Å². The summed E-state index contributed by atoms with van der Waals surface area (Å²) >= 11 is 0. The summed E-state index contributed by atoms with van der Waals surface area (Å²) in [4.78, 5) is 32.4. The largest absolute Gasteiger partial charge is 1.00 e. The van der Waals surface area contributed by atoms with Gasteiger partial charge in [0.15, 0.2) is 5.82 Å². The number of carbonyl (C=O) groups is 1. The smallest absolute Gasteiger partial charge is 0.550 e. The quantitative estimate of drug-likeness (QED) is 0.288. The zero-order valence-electron chi connectivity index (χ0n) is 29.0. The SMILES string of the molecule is CC(C)[C@H](C1CC(N2CCC(C)(C(=O)[O-])C2)C1)N1CC2(CCN(c3ncnnc3Oc3ccc(F)cc3-c3cncnc3C3CC3)C2)C1.[Li+]. The molecule has 254 valence electrons. The van der Waals surface area contributed by atoms with Crippen LogP contribution in [0, 0.1) is 28.5 Å². The maximum absolute atomic E-state index is 14.6. The van der Waals surface area contributed by atoms with Crippen molar-refractivity contribution in [3.8, 4) is 22.8 Å². The molecule has 1 spiro atoms. The fraction of sp³-hybridized carbons (Fsp3) is 0.611. The summed E-state index contributed by atoms with van der Waals surface area (Å²) in [7, 11) is 0. The summed E-state index contributed by atoms with van der Waals surface area (Å²) in [6.07, 6.45) is 10.9. The Kier molecular flexibility index (Phi) is 9.22. The van der Waals surface area contributed by atoms with Crippen molar-refractivity contribution in [1.29, 1.82) is 0 Å². The van der Waals surface area contributed by atoms with Crippen LogP contribution < -0.4 is 33.6 Å². The molecule has 8 rings (SSSR count). The van der Waals surface area contributed by atoms with E-state index in [1.807, 2.05) is 6.92 Å². The van der Waals surface area contributed by atoms with Crippen molar-refractivity contribution in [2.24, 2.45) is 22.7 Å².